The SMILES string of the molecule is CC(NC(=O)c1cccc(Br)c1Cl)c1ncc[nH]1. The molecular weight excluding hydrogens is 318 g/mol. The first kappa shape index (κ1) is 13.1. The second-order valence-electron chi connectivity index (χ2n) is 3.77. The number of aromatic nitrogens is 2. The van der Waals surface area contributed by atoms with Gasteiger partial charge < -0.3 is 10.3 Å². The Morgan fingerprint density at radius 1 is 1.56 bits per heavy atom. The fourth-order valence-electron chi connectivity index (χ4n) is 1.54. The van der Waals surface area contributed by atoms with Crippen LogP contribution in [0.1, 0.15) is 29.1 Å². The maximum Gasteiger partial charge on any atom is 0.253 e. The highest BCUT2D eigenvalue weighted by Crippen LogP contribution is 2.26. The zero-order valence-corrected chi connectivity index (χ0v) is 11.9. The first-order valence-electron chi connectivity index (χ1n) is 5.33. The van der Waals surface area contributed by atoms with E-state index in [1.807, 2.05) is 6.92 Å². The third-order valence-electron chi connectivity index (χ3n) is 2.47. The summed E-state index contributed by atoms with van der Waals surface area (Å²) in [6.45, 7) is 1.85. The van der Waals surface area contributed by atoms with Crippen molar-refractivity contribution in [2.45, 2.75) is 13.0 Å². The lowest BCUT2D eigenvalue weighted by Crippen LogP contribution is -2.27. The maximum absolute atomic E-state index is 12.1. The van der Waals surface area contributed by atoms with Crippen LogP contribution in [-0.4, -0.2) is 15.9 Å². The van der Waals surface area contributed by atoms with Gasteiger partial charge in [0, 0.05) is 16.9 Å². The first-order valence-corrected chi connectivity index (χ1v) is 6.51. The molecule has 1 amide bonds. The van der Waals surface area contributed by atoms with Crippen LogP contribution in [0.15, 0.2) is 35.1 Å². The highest BCUT2D eigenvalue weighted by molar-refractivity contribution is 9.10. The van der Waals surface area contributed by atoms with Crippen molar-refractivity contribution in [1.82, 2.24) is 15.3 Å². The summed E-state index contributed by atoms with van der Waals surface area (Å²) in [5.74, 6) is 0.472. The molecule has 0 aliphatic heterocycles. The number of carbonyl (C=O) groups is 1. The molecule has 6 heteroatoms. The minimum Gasteiger partial charge on any atom is -0.347 e. The molecule has 0 aliphatic carbocycles. The van der Waals surface area contributed by atoms with Gasteiger partial charge in [0.05, 0.1) is 16.6 Å². The average molecular weight is 329 g/mol. The Morgan fingerprint density at radius 2 is 2.33 bits per heavy atom. The lowest BCUT2D eigenvalue weighted by Gasteiger charge is -2.12. The molecule has 94 valence electrons. The molecule has 0 spiro atoms. The largest absolute Gasteiger partial charge is 0.347 e. The molecule has 0 saturated heterocycles. The highest BCUT2D eigenvalue weighted by Gasteiger charge is 2.16. The fourth-order valence-corrected chi connectivity index (χ4v) is 2.11. The Morgan fingerprint density at radius 3 is 3.00 bits per heavy atom. The van der Waals surface area contributed by atoms with Crippen molar-refractivity contribution in [2.75, 3.05) is 0 Å². The number of H-pyrrole nitrogens is 1. The van der Waals surface area contributed by atoms with Crippen LogP contribution in [-0.2, 0) is 0 Å². The van der Waals surface area contributed by atoms with Gasteiger partial charge in [-0.1, -0.05) is 17.7 Å². The van der Waals surface area contributed by atoms with Gasteiger partial charge in [0.25, 0.3) is 5.91 Å². The number of hydrogen-bond acceptors (Lipinski definition) is 2. The monoisotopic (exact) mass is 327 g/mol. The van der Waals surface area contributed by atoms with E-state index in [0.29, 0.717) is 20.9 Å². The number of aromatic amines is 1. The van der Waals surface area contributed by atoms with Crippen molar-refractivity contribution < 1.29 is 4.79 Å². The van der Waals surface area contributed by atoms with E-state index < -0.39 is 0 Å². The number of carbonyl (C=O) groups excluding carboxylic acids is 1. The molecule has 1 aromatic carbocycles. The number of benzene rings is 1. The van der Waals surface area contributed by atoms with Gasteiger partial charge in [-0.2, -0.15) is 0 Å². The molecule has 0 aliphatic rings. The number of hydrogen-bond donors (Lipinski definition) is 2. The first-order chi connectivity index (χ1) is 8.59. The topological polar surface area (TPSA) is 57.8 Å². The number of nitrogens with one attached hydrogen (secondary N) is 2. The van der Waals surface area contributed by atoms with E-state index >= 15 is 0 Å². The number of imidazole rings is 1. The zero-order valence-electron chi connectivity index (χ0n) is 9.58. The molecule has 1 aromatic heterocycles. The molecule has 2 rings (SSSR count). The maximum atomic E-state index is 12.1. The average Bonchev–Trinajstić information content (AvgIpc) is 2.86. The number of amides is 1. The van der Waals surface area contributed by atoms with Crippen molar-refractivity contribution in [3.05, 3.63) is 51.5 Å². The van der Waals surface area contributed by atoms with Crippen LogP contribution in [0.5, 0.6) is 0 Å². The molecule has 4 nitrogen and oxygen atoms in total. The zero-order chi connectivity index (χ0) is 13.1. The van der Waals surface area contributed by atoms with Crippen LogP contribution in [0.25, 0.3) is 0 Å². The van der Waals surface area contributed by atoms with Gasteiger partial charge in [0.15, 0.2) is 0 Å². The van der Waals surface area contributed by atoms with E-state index in [9.17, 15) is 4.79 Å². The lowest BCUT2D eigenvalue weighted by atomic mass is 10.2. The molecule has 2 N–H and O–H groups in total. The van der Waals surface area contributed by atoms with E-state index in [1.165, 1.54) is 0 Å². The molecule has 2 aromatic rings. The highest BCUT2D eigenvalue weighted by atomic mass is 79.9. The van der Waals surface area contributed by atoms with E-state index in [0.717, 1.165) is 0 Å². The van der Waals surface area contributed by atoms with Gasteiger partial charge in [-0.05, 0) is 35.0 Å². The second kappa shape index (κ2) is 5.54. The molecule has 0 bridgehead atoms. The smallest absolute Gasteiger partial charge is 0.253 e. The minimum atomic E-state index is -0.231. The molecule has 0 fully saturated rings. The van der Waals surface area contributed by atoms with E-state index in [-0.39, 0.29) is 11.9 Å². The van der Waals surface area contributed by atoms with Gasteiger partial charge in [-0.25, -0.2) is 4.98 Å². The standard InChI is InChI=1S/C12H11BrClN3O/c1-7(11-15-5-6-16-11)17-12(18)8-3-2-4-9(13)10(8)14/h2-7H,1H3,(H,15,16)(H,17,18). The van der Waals surface area contributed by atoms with E-state index in [2.05, 4.69) is 31.2 Å². The van der Waals surface area contributed by atoms with Crippen LogP contribution in [0.2, 0.25) is 5.02 Å². The molecule has 1 unspecified atom stereocenters. The van der Waals surface area contributed by atoms with E-state index in [1.54, 1.807) is 30.6 Å². The Balaban J connectivity index is 2.15. The summed E-state index contributed by atoms with van der Waals surface area (Å²) >= 11 is 9.35. The van der Waals surface area contributed by atoms with E-state index in [4.69, 9.17) is 11.6 Å². The molecule has 0 saturated carbocycles. The van der Waals surface area contributed by atoms with Gasteiger partial charge in [0.1, 0.15) is 5.82 Å². The van der Waals surface area contributed by atoms with Crippen molar-refractivity contribution in [3.63, 3.8) is 0 Å². The van der Waals surface area contributed by atoms with Crippen LogP contribution in [0.4, 0.5) is 0 Å². The molecule has 1 heterocycles. The van der Waals surface area contributed by atoms with Crippen LogP contribution < -0.4 is 5.32 Å². The minimum absolute atomic E-state index is 0.206. The Labute approximate surface area is 118 Å². The van der Waals surface area contributed by atoms with Crippen molar-refractivity contribution >= 4 is 33.4 Å². The second-order valence-corrected chi connectivity index (χ2v) is 5.00. The Hall–Kier alpha value is -1.33. The summed E-state index contributed by atoms with van der Waals surface area (Å²) in [4.78, 5) is 19.1. The lowest BCUT2D eigenvalue weighted by molar-refractivity contribution is 0.0938. The van der Waals surface area contributed by atoms with Gasteiger partial charge in [-0.15, -0.1) is 0 Å². The summed E-state index contributed by atoms with van der Waals surface area (Å²) in [6.07, 6.45) is 3.36. The Kier molecular flexibility index (Phi) is 4.04. The van der Waals surface area contributed by atoms with Crippen LogP contribution in [0.3, 0.4) is 0 Å². The van der Waals surface area contributed by atoms with Crippen LogP contribution >= 0.6 is 27.5 Å². The number of halogens is 2. The number of rotatable bonds is 3. The molecule has 0 radical (unpaired) electrons. The van der Waals surface area contributed by atoms with Crippen molar-refractivity contribution in [2.24, 2.45) is 0 Å². The molecule has 1 atom stereocenters. The number of nitrogens with zero attached hydrogens (tertiary/aromatic N) is 1. The summed E-state index contributed by atoms with van der Waals surface area (Å²) in [6, 6.07) is 5.02. The van der Waals surface area contributed by atoms with Crippen molar-refractivity contribution in [3.8, 4) is 0 Å². The fraction of sp³-hybridized carbons (Fsp3) is 0.167. The summed E-state index contributed by atoms with van der Waals surface area (Å²) in [5.41, 5.74) is 0.435. The summed E-state index contributed by atoms with van der Waals surface area (Å²) in [5, 5.41) is 3.23. The summed E-state index contributed by atoms with van der Waals surface area (Å²) in [7, 11) is 0. The van der Waals surface area contributed by atoms with Gasteiger partial charge in [0.2, 0.25) is 0 Å². The van der Waals surface area contributed by atoms with Crippen LogP contribution in [0, 0.1) is 0 Å². The molecular formula is C12H11BrClN3O. The molecule has 18 heavy (non-hydrogen) atoms. The Bertz CT molecular complexity index is 556. The van der Waals surface area contributed by atoms with Gasteiger partial charge in [-0.3, -0.25) is 4.79 Å². The third kappa shape index (κ3) is 2.73. The normalized spacial score (nSPS) is 12.2. The predicted octanol–water partition coefficient (Wildman–Crippen LogP) is 3.32. The predicted molar refractivity (Wildman–Crippen MR) is 73.6 cm³/mol. The van der Waals surface area contributed by atoms with Gasteiger partial charge >= 0.3 is 0 Å². The quantitative estimate of drug-likeness (QED) is 0.908. The van der Waals surface area contributed by atoms with Crippen molar-refractivity contribution in [1.29, 1.82) is 0 Å². The third-order valence-corrected chi connectivity index (χ3v) is 3.77. The summed E-state index contributed by atoms with van der Waals surface area (Å²) < 4.78 is 0.697.